The van der Waals surface area contributed by atoms with Crippen molar-refractivity contribution in [1.29, 1.82) is 0 Å². The SMILES string of the molecule is COC(=O)C=NOS(=O)(=O)Cc1ccccc1-c1ccccc1. The number of carbonyl (C=O) groups excluding carboxylic acids is 1. The highest BCUT2D eigenvalue weighted by molar-refractivity contribution is 7.85. The molecule has 0 heterocycles. The molecule has 7 heteroatoms. The van der Waals surface area contributed by atoms with Crippen molar-refractivity contribution in [2.75, 3.05) is 7.11 Å². The fourth-order valence-electron chi connectivity index (χ4n) is 1.95. The van der Waals surface area contributed by atoms with Crippen molar-refractivity contribution in [2.45, 2.75) is 5.75 Å². The average molecular weight is 333 g/mol. The maximum Gasteiger partial charge on any atom is 0.352 e. The van der Waals surface area contributed by atoms with Gasteiger partial charge < -0.3 is 4.74 Å². The van der Waals surface area contributed by atoms with Gasteiger partial charge in [-0.1, -0.05) is 59.8 Å². The van der Waals surface area contributed by atoms with Gasteiger partial charge in [-0.3, -0.25) is 4.28 Å². The molecule has 0 saturated carbocycles. The van der Waals surface area contributed by atoms with Gasteiger partial charge in [0.15, 0.2) is 6.21 Å². The molecule has 6 nitrogen and oxygen atoms in total. The monoisotopic (exact) mass is 333 g/mol. The zero-order valence-electron chi connectivity index (χ0n) is 12.4. The number of methoxy groups -OCH3 is 1. The van der Waals surface area contributed by atoms with E-state index in [4.69, 9.17) is 0 Å². The van der Waals surface area contributed by atoms with Crippen LogP contribution in [0.4, 0.5) is 0 Å². The fraction of sp³-hybridized carbons (Fsp3) is 0.125. The Labute approximate surface area is 134 Å². The number of nitrogens with zero attached hydrogens (tertiary/aromatic N) is 1. The average Bonchev–Trinajstić information content (AvgIpc) is 2.55. The van der Waals surface area contributed by atoms with Gasteiger partial charge in [-0.25, -0.2) is 4.79 Å². The summed E-state index contributed by atoms with van der Waals surface area (Å²) in [5, 5.41) is 3.12. The molecule has 0 fully saturated rings. The van der Waals surface area contributed by atoms with Crippen molar-refractivity contribution in [3.05, 3.63) is 60.2 Å². The number of esters is 1. The van der Waals surface area contributed by atoms with Crippen LogP contribution in [0.3, 0.4) is 0 Å². The molecule has 0 unspecified atom stereocenters. The standard InChI is InChI=1S/C16H15NO5S/c1-21-16(18)11-17-22-23(19,20)12-14-9-5-6-10-15(14)13-7-3-2-4-8-13/h2-11H,12H2,1H3. The van der Waals surface area contributed by atoms with E-state index < -0.39 is 16.1 Å². The topological polar surface area (TPSA) is 82.0 Å². The molecular weight excluding hydrogens is 318 g/mol. The number of rotatable bonds is 6. The minimum Gasteiger partial charge on any atom is -0.465 e. The maximum atomic E-state index is 12.0. The lowest BCUT2D eigenvalue weighted by atomic mass is 10.0. The number of benzene rings is 2. The summed E-state index contributed by atoms with van der Waals surface area (Å²) < 4.78 is 32.7. The van der Waals surface area contributed by atoms with Crippen LogP contribution in [0.25, 0.3) is 11.1 Å². The van der Waals surface area contributed by atoms with Crippen molar-refractivity contribution in [3.63, 3.8) is 0 Å². The Morgan fingerprint density at radius 1 is 1.09 bits per heavy atom. The molecule has 0 aliphatic rings. The largest absolute Gasteiger partial charge is 0.465 e. The third kappa shape index (κ3) is 4.93. The highest BCUT2D eigenvalue weighted by atomic mass is 32.2. The summed E-state index contributed by atoms with van der Waals surface area (Å²) in [7, 11) is -2.82. The molecule has 0 atom stereocenters. The normalized spacial score (nSPS) is 11.3. The molecular formula is C16H15NO5S. The van der Waals surface area contributed by atoms with Gasteiger partial charge in [-0.15, -0.1) is 0 Å². The second kappa shape index (κ2) is 7.55. The Morgan fingerprint density at radius 3 is 2.43 bits per heavy atom. The molecule has 2 aromatic carbocycles. The van der Waals surface area contributed by atoms with Crippen molar-refractivity contribution in [1.82, 2.24) is 0 Å². The lowest BCUT2D eigenvalue weighted by molar-refractivity contribution is -0.132. The molecule has 0 amide bonds. The molecule has 0 N–H and O–H groups in total. The molecule has 0 aromatic heterocycles. The van der Waals surface area contributed by atoms with Gasteiger partial charge in [0.25, 0.3) is 0 Å². The molecule has 0 spiro atoms. The van der Waals surface area contributed by atoms with Crippen LogP contribution in [0.15, 0.2) is 59.8 Å². The van der Waals surface area contributed by atoms with Crippen LogP contribution in [-0.2, 0) is 29.7 Å². The first-order valence-corrected chi connectivity index (χ1v) is 8.25. The van der Waals surface area contributed by atoms with Crippen molar-refractivity contribution in [3.8, 4) is 11.1 Å². The van der Waals surface area contributed by atoms with Crippen LogP contribution < -0.4 is 0 Å². The lowest BCUT2D eigenvalue weighted by Crippen LogP contribution is -2.08. The summed E-state index contributed by atoms with van der Waals surface area (Å²) in [5.41, 5.74) is 2.26. The van der Waals surface area contributed by atoms with E-state index in [1.54, 1.807) is 12.1 Å². The molecule has 0 radical (unpaired) electrons. The quantitative estimate of drug-likeness (QED) is 0.460. The highest BCUT2D eigenvalue weighted by Crippen LogP contribution is 2.25. The van der Waals surface area contributed by atoms with E-state index in [2.05, 4.69) is 14.2 Å². The summed E-state index contributed by atoms with van der Waals surface area (Å²) in [4.78, 5) is 10.8. The summed E-state index contributed by atoms with van der Waals surface area (Å²) in [6, 6.07) is 16.5. The molecule has 0 bridgehead atoms. The number of hydrogen-bond acceptors (Lipinski definition) is 6. The number of hydrogen-bond donors (Lipinski definition) is 0. The Morgan fingerprint density at radius 2 is 1.74 bits per heavy atom. The zero-order valence-corrected chi connectivity index (χ0v) is 13.2. The zero-order chi connectivity index (χ0) is 16.7. The predicted octanol–water partition coefficient (Wildman–Crippen LogP) is 2.36. The van der Waals surface area contributed by atoms with Crippen LogP contribution in [0, 0.1) is 0 Å². The number of ether oxygens (including phenoxy) is 1. The van der Waals surface area contributed by atoms with E-state index >= 15 is 0 Å². The third-order valence-corrected chi connectivity index (χ3v) is 3.93. The summed E-state index contributed by atoms with van der Waals surface area (Å²) in [5.74, 6) is -1.17. The van der Waals surface area contributed by atoms with Crippen molar-refractivity contribution in [2.24, 2.45) is 5.16 Å². The minimum absolute atomic E-state index is 0.365. The van der Waals surface area contributed by atoms with Gasteiger partial charge in [0.2, 0.25) is 0 Å². The smallest absolute Gasteiger partial charge is 0.352 e. The predicted molar refractivity (Wildman–Crippen MR) is 86.1 cm³/mol. The molecule has 0 saturated heterocycles. The van der Waals surface area contributed by atoms with Gasteiger partial charge in [0, 0.05) is 0 Å². The first-order chi connectivity index (χ1) is 11.0. The van der Waals surface area contributed by atoms with Gasteiger partial charge in [-0.05, 0) is 16.7 Å². The second-order valence-corrected chi connectivity index (χ2v) is 6.11. The molecule has 120 valence electrons. The molecule has 23 heavy (non-hydrogen) atoms. The van der Waals surface area contributed by atoms with E-state index in [9.17, 15) is 13.2 Å². The summed E-state index contributed by atoms with van der Waals surface area (Å²) in [6.07, 6.45) is 0.653. The first-order valence-electron chi connectivity index (χ1n) is 6.68. The Balaban J connectivity index is 2.20. The van der Waals surface area contributed by atoms with Gasteiger partial charge >= 0.3 is 16.1 Å². The molecule has 0 aliphatic carbocycles. The van der Waals surface area contributed by atoms with E-state index in [1.807, 2.05) is 42.5 Å². The van der Waals surface area contributed by atoms with Crippen molar-refractivity contribution >= 4 is 22.3 Å². The first kappa shape index (κ1) is 16.7. The minimum atomic E-state index is -3.97. The van der Waals surface area contributed by atoms with Gasteiger partial charge in [0.05, 0.1) is 7.11 Å². The van der Waals surface area contributed by atoms with E-state index in [0.717, 1.165) is 18.2 Å². The van der Waals surface area contributed by atoms with Crippen LogP contribution in [-0.4, -0.2) is 27.7 Å². The fourth-order valence-corrected chi connectivity index (χ4v) is 2.80. The highest BCUT2D eigenvalue weighted by Gasteiger charge is 2.16. The maximum absolute atomic E-state index is 12.0. The van der Waals surface area contributed by atoms with Crippen LogP contribution in [0.1, 0.15) is 5.56 Å². The van der Waals surface area contributed by atoms with E-state index in [0.29, 0.717) is 11.8 Å². The Bertz CT molecular complexity index is 800. The summed E-state index contributed by atoms with van der Waals surface area (Å²) in [6.45, 7) is 0. The van der Waals surface area contributed by atoms with Crippen LogP contribution >= 0.6 is 0 Å². The number of oxime groups is 1. The Kier molecular flexibility index (Phi) is 5.48. The third-order valence-electron chi connectivity index (χ3n) is 2.95. The van der Waals surface area contributed by atoms with Crippen molar-refractivity contribution < 1.29 is 22.2 Å². The molecule has 0 aliphatic heterocycles. The van der Waals surface area contributed by atoms with E-state index in [-0.39, 0.29) is 5.75 Å². The molecule has 2 rings (SSSR count). The molecule has 2 aromatic rings. The lowest BCUT2D eigenvalue weighted by Gasteiger charge is -2.09. The van der Waals surface area contributed by atoms with Gasteiger partial charge in [-0.2, -0.15) is 8.42 Å². The summed E-state index contributed by atoms with van der Waals surface area (Å²) >= 11 is 0. The second-order valence-electron chi connectivity index (χ2n) is 4.56. The van der Waals surface area contributed by atoms with Crippen LogP contribution in [0.2, 0.25) is 0 Å². The Hall–Kier alpha value is -2.67. The van der Waals surface area contributed by atoms with Crippen LogP contribution in [0.5, 0.6) is 0 Å². The van der Waals surface area contributed by atoms with E-state index in [1.165, 1.54) is 0 Å². The number of carbonyl (C=O) groups is 1. The van der Waals surface area contributed by atoms with Gasteiger partial charge in [0.1, 0.15) is 5.75 Å².